The molecule has 88 valence electrons. The third-order valence-electron chi connectivity index (χ3n) is 2.96. The van der Waals surface area contributed by atoms with Gasteiger partial charge in [0.2, 0.25) is 0 Å². The Hall–Kier alpha value is -1.67. The monoisotopic (exact) mass is 226 g/mol. The maximum absolute atomic E-state index is 6.24. The van der Waals surface area contributed by atoms with Crippen LogP contribution in [0.2, 0.25) is 0 Å². The standard InChI is InChI=1S/C15H18N2/c1-11(2)7-8-14(16)12-9-10-17-15-6-4-3-5-13(12)15/h3-6,9-10,14H,1,7-8,16H2,2H3. The van der Waals surface area contributed by atoms with E-state index in [2.05, 4.69) is 17.6 Å². The molecule has 2 nitrogen and oxygen atoms in total. The van der Waals surface area contributed by atoms with Gasteiger partial charge >= 0.3 is 0 Å². The number of allylic oxidation sites excluding steroid dienone is 1. The van der Waals surface area contributed by atoms with Crippen LogP contribution in [0.1, 0.15) is 31.4 Å². The van der Waals surface area contributed by atoms with E-state index in [4.69, 9.17) is 5.73 Å². The molecule has 17 heavy (non-hydrogen) atoms. The average molecular weight is 226 g/mol. The van der Waals surface area contributed by atoms with Gasteiger partial charge in [0.1, 0.15) is 0 Å². The van der Waals surface area contributed by atoms with E-state index in [1.807, 2.05) is 37.4 Å². The second-order valence-electron chi connectivity index (χ2n) is 4.52. The van der Waals surface area contributed by atoms with Crippen LogP contribution in [-0.2, 0) is 0 Å². The number of aromatic nitrogens is 1. The number of pyridine rings is 1. The van der Waals surface area contributed by atoms with Gasteiger partial charge in [-0.3, -0.25) is 4.98 Å². The molecule has 0 spiro atoms. The minimum absolute atomic E-state index is 0.0552. The van der Waals surface area contributed by atoms with E-state index in [-0.39, 0.29) is 6.04 Å². The van der Waals surface area contributed by atoms with Crippen molar-refractivity contribution in [1.82, 2.24) is 4.98 Å². The van der Waals surface area contributed by atoms with Crippen molar-refractivity contribution in [3.63, 3.8) is 0 Å². The van der Waals surface area contributed by atoms with Gasteiger partial charge in [0, 0.05) is 17.6 Å². The summed E-state index contributed by atoms with van der Waals surface area (Å²) in [4.78, 5) is 4.35. The van der Waals surface area contributed by atoms with Gasteiger partial charge in [0.05, 0.1) is 5.52 Å². The largest absolute Gasteiger partial charge is 0.324 e. The fraction of sp³-hybridized carbons (Fsp3) is 0.267. The van der Waals surface area contributed by atoms with Gasteiger partial charge in [-0.25, -0.2) is 0 Å². The number of fused-ring (bicyclic) bond motifs is 1. The lowest BCUT2D eigenvalue weighted by Gasteiger charge is -2.14. The molecular formula is C15H18N2. The van der Waals surface area contributed by atoms with Crippen molar-refractivity contribution in [2.45, 2.75) is 25.8 Å². The molecule has 0 radical (unpaired) electrons. The smallest absolute Gasteiger partial charge is 0.0705 e. The topological polar surface area (TPSA) is 38.9 Å². The average Bonchev–Trinajstić information content (AvgIpc) is 2.35. The Morgan fingerprint density at radius 1 is 1.35 bits per heavy atom. The fourth-order valence-corrected chi connectivity index (χ4v) is 2.00. The van der Waals surface area contributed by atoms with Gasteiger partial charge in [-0.1, -0.05) is 23.8 Å². The Bertz CT molecular complexity index is 526. The molecule has 2 rings (SSSR count). The van der Waals surface area contributed by atoms with Gasteiger partial charge in [0.15, 0.2) is 0 Å². The highest BCUT2D eigenvalue weighted by atomic mass is 14.7. The quantitative estimate of drug-likeness (QED) is 0.809. The first-order chi connectivity index (χ1) is 8.18. The lowest BCUT2D eigenvalue weighted by molar-refractivity contribution is 0.653. The molecule has 2 N–H and O–H groups in total. The first-order valence-corrected chi connectivity index (χ1v) is 5.92. The normalized spacial score (nSPS) is 12.6. The van der Waals surface area contributed by atoms with E-state index in [9.17, 15) is 0 Å². The van der Waals surface area contributed by atoms with Crippen LogP contribution in [-0.4, -0.2) is 4.98 Å². The molecule has 1 heterocycles. The maximum Gasteiger partial charge on any atom is 0.0705 e. The third-order valence-corrected chi connectivity index (χ3v) is 2.96. The second kappa shape index (κ2) is 5.11. The Morgan fingerprint density at radius 2 is 2.12 bits per heavy atom. The van der Waals surface area contributed by atoms with E-state index in [0.717, 1.165) is 23.7 Å². The van der Waals surface area contributed by atoms with Crippen molar-refractivity contribution in [2.75, 3.05) is 0 Å². The summed E-state index contributed by atoms with van der Waals surface area (Å²) >= 11 is 0. The first kappa shape index (κ1) is 11.8. The SMILES string of the molecule is C=C(C)CCC(N)c1ccnc2ccccc12. The first-order valence-electron chi connectivity index (χ1n) is 5.92. The van der Waals surface area contributed by atoms with Gasteiger partial charge in [-0.05, 0) is 37.5 Å². The number of hydrogen-bond acceptors (Lipinski definition) is 2. The summed E-state index contributed by atoms with van der Waals surface area (Å²) in [7, 11) is 0. The van der Waals surface area contributed by atoms with Crippen LogP contribution in [0.25, 0.3) is 10.9 Å². The molecular weight excluding hydrogens is 208 g/mol. The highest BCUT2D eigenvalue weighted by molar-refractivity contribution is 5.82. The van der Waals surface area contributed by atoms with Crippen molar-refractivity contribution in [1.29, 1.82) is 0 Å². The van der Waals surface area contributed by atoms with Crippen LogP contribution in [0, 0.1) is 0 Å². The van der Waals surface area contributed by atoms with Crippen molar-refractivity contribution < 1.29 is 0 Å². The highest BCUT2D eigenvalue weighted by Crippen LogP contribution is 2.24. The minimum Gasteiger partial charge on any atom is -0.324 e. The zero-order valence-corrected chi connectivity index (χ0v) is 10.2. The molecule has 1 unspecified atom stereocenters. The van der Waals surface area contributed by atoms with Crippen molar-refractivity contribution in [3.8, 4) is 0 Å². The number of para-hydroxylation sites is 1. The second-order valence-corrected chi connectivity index (χ2v) is 4.52. The van der Waals surface area contributed by atoms with E-state index in [1.54, 1.807) is 0 Å². The minimum atomic E-state index is 0.0552. The number of nitrogens with two attached hydrogens (primary N) is 1. The van der Waals surface area contributed by atoms with E-state index < -0.39 is 0 Å². The Kier molecular flexibility index (Phi) is 3.55. The predicted molar refractivity (Wildman–Crippen MR) is 72.7 cm³/mol. The molecule has 2 aromatic rings. The molecule has 2 heteroatoms. The summed E-state index contributed by atoms with van der Waals surface area (Å²) in [6.07, 6.45) is 3.74. The lowest BCUT2D eigenvalue weighted by Crippen LogP contribution is -2.11. The summed E-state index contributed by atoms with van der Waals surface area (Å²) in [5, 5.41) is 1.16. The van der Waals surface area contributed by atoms with Crippen molar-refractivity contribution >= 4 is 10.9 Å². The van der Waals surface area contributed by atoms with Crippen molar-refractivity contribution in [3.05, 3.63) is 54.2 Å². The maximum atomic E-state index is 6.24. The van der Waals surface area contributed by atoms with Crippen LogP contribution >= 0.6 is 0 Å². The van der Waals surface area contributed by atoms with Gasteiger partial charge < -0.3 is 5.73 Å². The Morgan fingerprint density at radius 3 is 2.88 bits per heavy atom. The lowest BCUT2D eigenvalue weighted by atomic mass is 9.98. The zero-order chi connectivity index (χ0) is 12.3. The Labute approximate surface area is 102 Å². The van der Waals surface area contributed by atoms with Crippen molar-refractivity contribution in [2.24, 2.45) is 5.73 Å². The summed E-state index contributed by atoms with van der Waals surface area (Å²) in [5.41, 5.74) is 9.61. The Balaban J connectivity index is 2.31. The molecule has 1 atom stereocenters. The van der Waals surface area contributed by atoms with Gasteiger partial charge in [-0.2, -0.15) is 0 Å². The number of hydrogen-bond donors (Lipinski definition) is 1. The molecule has 0 amide bonds. The summed E-state index contributed by atoms with van der Waals surface area (Å²) in [5.74, 6) is 0. The van der Waals surface area contributed by atoms with Crippen LogP contribution < -0.4 is 5.73 Å². The third kappa shape index (κ3) is 2.71. The molecule has 0 bridgehead atoms. The van der Waals surface area contributed by atoms with E-state index in [1.165, 1.54) is 11.1 Å². The van der Waals surface area contributed by atoms with E-state index >= 15 is 0 Å². The predicted octanol–water partition coefficient (Wildman–Crippen LogP) is 3.59. The molecule has 0 fully saturated rings. The zero-order valence-electron chi connectivity index (χ0n) is 10.2. The molecule has 0 aliphatic rings. The fourth-order valence-electron chi connectivity index (χ4n) is 2.00. The van der Waals surface area contributed by atoms with Gasteiger partial charge in [-0.15, -0.1) is 6.58 Å². The van der Waals surface area contributed by atoms with E-state index in [0.29, 0.717) is 0 Å². The highest BCUT2D eigenvalue weighted by Gasteiger charge is 2.09. The number of nitrogens with zero attached hydrogens (tertiary/aromatic N) is 1. The van der Waals surface area contributed by atoms with Crippen LogP contribution in [0.15, 0.2) is 48.7 Å². The van der Waals surface area contributed by atoms with Gasteiger partial charge in [0.25, 0.3) is 0 Å². The molecule has 0 saturated carbocycles. The molecule has 0 aliphatic heterocycles. The molecule has 1 aromatic heterocycles. The van der Waals surface area contributed by atoms with Crippen LogP contribution in [0.3, 0.4) is 0 Å². The molecule has 0 aliphatic carbocycles. The number of rotatable bonds is 4. The number of benzene rings is 1. The van der Waals surface area contributed by atoms with Crippen LogP contribution in [0.5, 0.6) is 0 Å². The molecule has 0 saturated heterocycles. The molecule has 1 aromatic carbocycles. The van der Waals surface area contributed by atoms with Crippen LogP contribution in [0.4, 0.5) is 0 Å². The summed E-state index contributed by atoms with van der Waals surface area (Å²) in [6.45, 7) is 5.95. The summed E-state index contributed by atoms with van der Waals surface area (Å²) in [6, 6.07) is 10.2. The summed E-state index contributed by atoms with van der Waals surface area (Å²) < 4.78 is 0.